The van der Waals surface area contributed by atoms with E-state index in [2.05, 4.69) is 27.3 Å². The number of hydrogen-bond donors (Lipinski definition) is 1. The summed E-state index contributed by atoms with van der Waals surface area (Å²) in [7, 11) is 0. The summed E-state index contributed by atoms with van der Waals surface area (Å²) in [5.41, 5.74) is 5.22. The zero-order chi connectivity index (χ0) is 16.3. The summed E-state index contributed by atoms with van der Waals surface area (Å²) in [4.78, 5) is 12.0. The van der Waals surface area contributed by atoms with Gasteiger partial charge >= 0.3 is 0 Å². The summed E-state index contributed by atoms with van der Waals surface area (Å²) in [6.45, 7) is 8.01. The van der Waals surface area contributed by atoms with Crippen molar-refractivity contribution in [2.45, 2.75) is 27.7 Å². The summed E-state index contributed by atoms with van der Waals surface area (Å²) < 4.78 is 6.65. The van der Waals surface area contributed by atoms with Gasteiger partial charge in [0.05, 0.1) is 0 Å². The Kier molecular flexibility index (Phi) is 5.24. The third-order valence-corrected chi connectivity index (χ3v) is 4.54. The number of benzene rings is 2. The number of hydrogen-bond acceptors (Lipinski definition) is 2. The van der Waals surface area contributed by atoms with E-state index >= 15 is 0 Å². The van der Waals surface area contributed by atoms with E-state index in [1.54, 1.807) is 0 Å². The van der Waals surface area contributed by atoms with E-state index in [-0.39, 0.29) is 12.5 Å². The van der Waals surface area contributed by atoms with Crippen LogP contribution >= 0.6 is 15.9 Å². The number of anilines is 1. The Hall–Kier alpha value is -1.81. The van der Waals surface area contributed by atoms with Crippen LogP contribution in [0.3, 0.4) is 0 Å². The number of carbonyl (C=O) groups is 1. The molecule has 0 aliphatic heterocycles. The second-order valence-corrected chi connectivity index (χ2v) is 6.38. The molecule has 116 valence electrons. The van der Waals surface area contributed by atoms with Crippen LogP contribution in [0.15, 0.2) is 34.8 Å². The van der Waals surface area contributed by atoms with Gasteiger partial charge in [-0.05, 0) is 74.2 Å². The van der Waals surface area contributed by atoms with Crippen molar-refractivity contribution in [3.8, 4) is 5.75 Å². The molecule has 0 aliphatic carbocycles. The Balaban J connectivity index is 1.98. The van der Waals surface area contributed by atoms with E-state index in [0.29, 0.717) is 5.75 Å². The molecule has 0 saturated heterocycles. The van der Waals surface area contributed by atoms with E-state index in [1.165, 1.54) is 0 Å². The van der Waals surface area contributed by atoms with Gasteiger partial charge in [0.2, 0.25) is 0 Å². The van der Waals surface area contributed by atoms with E-state index < -0.39 is 0 Å². The molecule has 0 heterocycles. The van der Waals surface area contributed by atoms with Crippen LogP contribution in [0.25, 0.3) is 0 Å². The van der Waals surface area contributed by atoms with Crippen molar-refractivity contribution in [1.82, 2.24) is 0 Å². The first-order valence-electron chi connectivity index (χ1n) is 7.13. The molecular weight excluding hydrogens is 342 g/mol. The maximum absolute atomic E-state index is 12.0. The van der Waals surface area contributed by atoms with Gasteiger partial charge in [0.1, 0.15) is 5.75 Å². The van der Waals surface area contributed by atoms with Crippen molar-refractivity contribution in [3.05, 3.63) is 57.1 Å². The Bertz CT molecular complexity index is 667. The molecule has 0 aliphatic rings. The SMILES string of the molecule is Cc1cc(C)cc(NC(=O)COc2cc(C)c(Br)c(C)c2)c1. The Labute approximate surface area is 139 Å². The fraction of sp³-hybridized carbons (Fsp3) is 0.278. The topological polar surface area (TPSA) is 38.3 Å². The van der Waals surface area contributed by atoms with Gasteiger partial charge in [-0.1, -0.05) is 22.0 Å². The predicted molar refractivity (Wildman–Crippen MR) is 93.7 cm³/mol. The van der Waals surface area contributed by atoms with E-state index in [1.807, 2.05) is 52.0 Å². The summed E-state index contributed by atoms with van der Waals surface area (Å²) in [5, 5.41) is 2.86. The quantitative estimate of drug-likeness (QED) is 0.856. The summed E-state index contributed by atoms with van der Waals surface area (Å²) in [5.74, 6) is 0.539. The largest absolute Gasteiger partial charge is 0.484 e. The van der Waals surface area contributed by atoms with Gasteiger partial charge in [0, 0.05) is 10.2 Å². The van der Waals surface area contributed by atoms with Crippen LogP contribution in [0, 0.1) is 27.7 Å². The molecule has 0 bridgehead atoms. The first-order valence-corrected chi connectivity index (χ1v) is 7.92. The van der Waals surface area contributed by atoms with Crippen molar-refractivity contribution in [1.29, 1.82) is 0 Å². The Morgan fingerprint density at radius 3 is 2.09 bits per heavy atom. The van der Waals surface area contributed by atoms with Gasteiger partial charge in [0.25, 0.3) is 5.91 Å². The van der Waals surface area contributed by atoms with Crippen molar-refractivity contribution in [2.24, 2.45) is 0 Å². The van der Waals surface area contributed by atoms with Crippen LogP contribution in [0.5, 0.6) is 5.75 Å². The van der Waals surface area contributed by atoms with Gasteiger partial charge in [-0.2, -0.15) is 0 Å². The van der Waals surface area contributed by atoms with Gasteiger partial charge in [-0.15, -0.1) is 0 Å². The molecule has 0 spiro atoms. The number of aryl methyl sites for hydroxylation is 4. The fourth-order valence-electron chi connectivity index (χ4n) is 2.38. The molecule has 2 rings (SSSR count). The molecule has 0 fully saturated rings. The second kappa shape index (κ2) is 6.97. The van der Waals surface area contributed by atoms with E-state index in [4.69, 9.17) is 4.74 Å². The zero-order valence-electron chi connectivity index (χ0n) is 13.3. The van der Waals surface area contributed by atoms with Crippen LogP contribution in [0.2, 0.25) is 0 Å². The first-order chi connectivity index (χ1) is 10.3. The number of ether oxygens (including phenoxy) is 1. The van der Waals surface area contributed by atoms with Gasteiger partial charge in [-0.3, -0.25) is 4.79 Å². The molecule has 3 nitrogen and oxygen atoms in total. The normalized spacial score (nSPS) is 10.4. The van der Waals surface area contributed by atoms with Crippen molar-refractivity contribution in [2.75, 3.05) is 11.9 Å². The summed E-state index contributed by atoms with van der Waals surface area (Å²) in [6.07, 6.45) is 0. The molecule has 0 saturated carbocycles. The smallest absolute Gasteiger partial charge is 0.262 e. The third kappa shape index (κ3) is 4.34. The van der Waals surface area contributed by atoms with Crippen LogP contribution < -0.4 is 10.1 Å². The van der Waals surface area contributed by atoms with Gasteiger partial charge < -0.3 is 10.1 Å². The second-order valence-electron chi connectivity index (χ2n) is 5.58. The predicted octanol–water partition coefficient (Wildman–Crippen LogP) is 4.70. The minimum atomic E-state index is -0.164. The molecular formula is C18H20BrNO2. The number of amides is 1. The van der Waals surface area contributed by atoms with Crippen LogP contribution in [-0.2, 0) is 4.79 Å². The number of halogens is 1. The number of nitrogens with one attached hydrogen (secondary N) is 1. The van der Waals surface area contributed by atoms with E-state index in [9.17, 15) is 4.79 Å². The van der Waals surface area contributed by atoms with Crippen molar-refractivity contribution < 1.29 is 9.53 Å². The summed E-state index contributed by atoms with van der Waals surface area (Å²) in [6, 6.07) is 9.79. The van der Waals surface area contributed by atoms with Crippen molar-refractivity contribution in [3.63, 3.8) is 0 Å². The molecule has 2 aromatic rings. The zero-order valence-corrected chi connectivity index (χ0v) is 14.9. The maximum Gasteiger partial charge on any atom is 0.262 e. The number of rotatable bonds is 4. The standard InChI is InChI=1S/C18H20BrNO2/c1-11-5-12(2)7-15(6-11)20-17(21)10-22-16-8-13(3)18(19)14(4)9-16/h5-9H,10H2,1-4H3,(H,20,21). The lowest BCUT2D eigenvalue weighted by atomic mass is 10.1. The van der Waals surface area contributed by atoms with Crippen LogP contribution in [-0.4, -0.2) is 12.5 Å². The van der Waals surface area contributed by atoms with Crippen LogP contribution in [0.1, 0.15) is 22.3 Å². The molecule has 22 heavy (non-hydrogen) atoms. The minimum Gasteiger partial charge on any atom is -0.484 e. The molecule has 0 unspecified atom stereocenters. The molecule has 1 N–H and O–H groups in total. The molecule has 1 amide bonds. The Morgan fingerprint density at radius 2 is 1.55 bits per heavy atom. The van der Waals surface area contributed by atoms with Crippen molar-refractivity contribution >= 4 is 27.5 Å². The lowest BCUT2D eigenvalue weighted by Gasteiger charge is -2.11. The average molecular weight is 362 g/mol. The highest BCUT2D eigenvalue weighted by atomic mass is 79.9. The molecule has 0 radical (unpaired) electrons. The maximum atomic E-state index is 12.0. The number of carbonyl (C=O) groups excluding carboxylic acids is 1. The molecule has 0 aromatic heterocycles. The lowest BCUT2D eigenvalue weighted by Crippen LogP contribution is -2.20. The van der Waals surface area contributed by atoms with Gasteiger partial charge in [-0.25, -0.2) is 0 Å². The van der Waals surface area contributed by atoms with Crippen LogP contribution in [0.4, 0.5) is 5.69 Å². The molecule has 0 atom stereocenters. The van der Waals surface area contributed by atoms with E-state index in [0.717, 1.165) is 32.4 Å². The third-order valence-electron chi connectivity index (χ3n) is 3.29. The highest BCUT2D eigenvalue weighted by Gasteiger charge is 2.07. The average Bonchev–Trinajstić information content (AvgIpc) is 2.41. The molecule has 4 heteroatoms. The highest BCUT2D eigenvalue weighted by Crippen LogP contribution is 2.26. The molecule has 2 aromatic carbocycles. The highest BCUT2D eigenvalue weighted by molar-refractivity contribution is 9.10. The minimum absolute atomic E-state index is 0.00645. The monoisotopic (exact) mass is 361 g/mol. The summed E-state index contributed by atoms with van der Waals surface area (Å²) >= 11 is 3.52. The fourth-order valence-corrected chi connectivity index (χ4v) is 2.61. The Morgan fingerprint density at radius 1 is 1.00 bits per heavy atom. The first kappa shape index (κ1) is 16.6. The lowest BCUT2D eigenvalue weighted by molar-refractivity contribution is -0.118. The van der Waals surface area contributed by atoms with Gasteiger partial charge in [0.15, 0.2) is 6.61 Å².